The summed E-state index contributed by atoms with van der Waals surface area (Å²) in [6, 6.07) is 0. The molecule has 7 heteroatoms. The average molecular weight is 318 g/mol. The zero-order chi connectivity index (χ0) is 16.4. The number of anilines is 1. The molecule has 1 atom stereocenters. The van der Waals surface area contributed by atoms with Crippen LogP contribution in [0, 0.1) is 5.92 Å². The Morgan fingerprint density at radius 1 is 1.30 bits per heavy atom. The van der Waals surface area contributed by atoms with Crippen LogP contribution in [-0.2, 0) is 16.0 Å². The summed E-state index contributed by atoms with van der Waals surface area (Å²) >= 11 is 0. The van der Waals surface area contributed by atoms with Crippen molar-refractivity contribution in [2.45, 2.75) is 39.2 Å². The Bertz CT molecular complexity index is 581. The molecule has 0 aliphatic carbocycles. The van der Waals surface area contributed by atoms with E-state index in [1.54, 1.807) is 19.3 Å². The van der Waals surface area contributed by atoms with Crippen LogP contribution in [0.3, 0.4) is 0 Å². The van der Waals surface area contributed by atoms with E-state index in [9.17, 15) is 9.59 Å². The van der Waals surface area contributed by atoms with Crippen molar-refractivity contribution in [1.29, 1.82) is 0 Å². The van der Waals surface area contributed by atoms with Crippen LogP contribution in [0.15, 0.2) is 12.4 Å². The maximum absolute atomic E-state index is 11.7. The van der Waals surface area contributed by atoms with Gasteiger partial charge >= 0.3 is 6.09 Å². The van der Waals surface area contributed by atoms with Crippen LogP contribution in [0.25, 0.3) is 0 Å². The van der Waals surface area contributed by atoms with Crippen LogP contribution < -0.4 is 4.90 Å². The number of hydrogen-bond acceptors (Lipinski definition) is 5. The lowest BCUT2D eigenvalue weighted by atomic mass is 9.92. The molecule has 0 aromatic carbocycles. The summed E-state index contributed by atoms with van der Waals surface area (Å²) in [5.74, 6) is 1.22. The quantitative estimate of drug-likeness (QED) is 0.846. The third kappa shape index (κ3) is 3.60. The van der Waals surface area contributed by atoms with E-state index in [1.807, 2.05) is 11.8 Å². The molecule has 1 aromatic heterocycles. The van der Waals surface area contributed by atoms with Gasteiger partial charge in [0.05, 0.1) is 24.6 Å². The van der Waals surface area contributed by atoms with Crippen molar-refractivity contribution in [2.75, 3.05) is 24.5 Å². The fourth-order valence-corrected chi connectivity index (χ4v) is 3.13. The first-order valence-corrected chi connectivity index (χ1v) is 8.07. The molecule has 1 unspecified atom stereocenters. The SMILES string of the molecule is CC(=O)N1CCC(Cc2cnc(N3CC(C)OC3=O)cn2)CC1. The van der Waals surface area contributed by atoms with Crippen LogP contribution in [0.1, 0.15) is 32.4 Å². The van der Waals surface area contributed by atoms with Gasteiger partial charge in [-0.25, -0.2) is 9.78 Å². The number of cyclic esters (lactones) is 1. The van der Waals surface area contributed by atoms with Gasteiger partial charge < -0.3 is 9.64 Å². The normalized spacial score (nSPS) is 22.3. The molecule has 3 heterocycles. The zero-order valence-electron chi connectivity index (χ0n) is 13.6. The van der Waals surface area contributed by atoms with Crippen LogP contribution in [0.2, 0.25) is 0 Å². The number of aromatic nitrogens is 2. The summed E-state index contributed by atoms with van der Waals surface area (Å²) in [6.07, 6.45) is 5.76. The van der Waals surface area contributed by atoms with E-state index in [1.165, 1.54) is 4.90 Å². The summed E-state index contributed by atoms with van der Waals surface area (Å²) in [6.45, 7) is 5.63. The maximum Gasteiger partial charge on any atom is 0.415 e. The molecule has 0 N–H and O–H groups in total. The number of hydrogen-bond donors (Lipinski definition) is 0. The van der Waals surface area contributed by atoms with Gasteiger partial charge in [-0.2, -0.15) is 0 Å². The minimum atomic E-state index is -0.365. The third-order valence-electron chi connectivity index (χ3n) is 4.49. The number of carbonyl (C=O) groups excluding carboxylic acids is 2. The number of likely N-dealkylation sites (tertiary alicyclic amines) is 1. The summed E-state index contributed by atoms with van der Waals surface area (Å²) in [4.78, 5) is 35.2. The van der Waals surface area contributed by atoms with Gasteiger partial charge in [0.2, 0.25) is 5.91 Å². The Kier molecular flexibility index (Phi) is 4.45. The zero-order valence-corrected chi connectivity index (χ0v) is 13.6. The Hall–Kier alpha value is -2.18. The fourth-order valence-electron chi connectivity index (χ4n) is 3.13. The topological polar surface area (TPSA) is 75.6 Å². The van der Waals surface area contributed by atoms with Crippen LogP contribution in [0.5, 0.6) is 0 Å². The first-order chi connectivity index (χ1) is 11.0. The van der Waals surface area contributed by atoms with Gasteiger partial charge in [-0.15, -0.1) is 0 Å². The first-order valence-electron chi connectivity index (χ1n) is 8.07. The summed E-state index contributed by atoms with van der Waals surface area (Å²) < 4.78 is 5.10. The number of amides is 2. The molecule has 23 heavy (non-hydrogen) atoms. The minimum absolute atomic E-state index is 0.115. The molecule has 2 aliphatic heterocycles. The highest BCUT2D eigenvalue weighted by atomic mass is 16.6. The van der Waals surface area contributed by atoms with E-state index in [0.29, 0.717) is 18.3 Å². The van der Waals surface area contributed by atoms with Crippen molar-refractivity contribution in [3.8, 4) is 0 Å². The van der Waals surface area contributed by atoms with Crippen molar-refractivity contribution in [1.82, 2.24) is 14.9 Å². The van der Waals surface area contributed by atoms with Crippen molar-refractivity contribution < 1.29 is 14.3 Å². The van der Waals surface area contributed by atoms with Crippen LogP contribution >= 0.6 is 0 Å². The molecular formula is C16H22N4O3. The monoisotopic (exact) mass is 318 g/mol. The largest absolute Gasteiger partial charge is 0.444 e. The molecule has 0 bridgehead atoms. The second-order valence-corrected chi connectivity index (χ2v) is 6.32. The van der Waals surface area contributed by atoms with E-state index >= 15 is 0 Å². The fraction of sp³-hybridized carbons (Fsp3) is 0.625. The standard InChI is InChI=1S/C16H22N4O3/c1-11-10-20(16(22)23-11)15-9-17-14(8-18-15)7-13-3-5-19(6-4-13)12(2)21/h8-9,11,13H,3-7,10H2,1-2H3. The van der Waals surface area contributed by atoms with Gasteiger partial charge in [-0.3, -0.25) is 14.7 Å². The predicted molar refractivity (Wildman–Crippen MR) is 84.0 cm³/mol. The van der Waals surface area contributed by atoms with Gasteiger partial charge in [-0.05, 0) is 32.1 Å². The Labute approximate surface area is 135 Å². The molecular weight excluding hydrogens is 296 g/mol. The second kappa shape index (κ2) is 6.52. The second-order valence-electron chi connectivity index (χ2n) is 6.32. The van der Waals surface area contributed by atoms with Gasteiger partial charge in [0.15, 0.2) is 5.82 Å². The molecule has 2 fully saturated rings. The highest BCUT2D eigenvalue weighted by Gasteiger charge is 2.30. The van der Waals surface area contributed by atoms with Crippen LogP contribution in [-0.4, -0.2) is 52.6 Å². The van der Waals surface area contributed by atoms with Crippen molar-refractivity contribution in [3.63, 3.8) is 0 Å². The lowest BCUT2D eigenvalue weighted by Crippen LogP contribution is -2.37. The van der Waals surface area contributed by atoms with E-state index in [-0.39, 0.29) is 18.1 Å². The predicted octanol–water partition coefficient (Wildman–Crippen LogP) is 1.62. The molecule has 2 saturated heterocycles. The number of rotatable bonds is 3. The number of ether oxygens (including phenoxy) is 1. The average Bonchev–Trinajstić information content (AvgIpc) is 2.87. The summed E-state index contributed by atoms with van der Waals surface area (Å²) in [5, 5.41) is 0. The molecule has 0 spiro atoms. The molecule has 124 valence electrons. The third-order valence-corrected chi connectivity index (χ3v) is 4.49. The van der Waals surface area contributed by atoms with Gasteiger partial charge in [-0.1, -0.05) is 0 Å². The molecule has 2 aliphatic rings. The number of nitrogens with zero attached hydrogens (tertiary/aromatic N) is 4. The summed E-state index contributed by atoms with van der Waals surface area (Å²) in [5.41, 5.74) is 0.927. The Morgan fingerprint density at radius 3 is 2.57 bits per heavy atom. The van der Waals surface area contributed by atoms with Gasteiger partial charge in [0.25, 0.3) is 0 Å². The van der Waals surface area contributed by atoms with E-state index in [0.717, 1.165) is 38.0 Å². The van der Waals surface area contributed by atoms with E-state index in [4.69, 9.17) is 4.74 Å². The maximum atomic E-state index is 11.7. The molecule has 1 aromatic rings. The summed E-state index contributed by atoms with van der Waals surface area (Å²) in [7, 11) is 0. The van der Waals surface area contributed by atoms with E-state index in [2.05, 4.69) is 9.97 Å². The number of carbonyl (C=O) groups is 2. The minimum Gasteiger partial charge on any atom is -0.444 e. The smallest absolute Gasteiger partial charge is 0.415 e. The molecule has 0 saturated carbocycles. The molecule has 7 nitrogen and oxygen atoms in total. The van der Waals surface area contributed by atoms with Crippen molar-refractivity contribution in [3.05, 3.63) is 18.1 Å². The van der Waals surface area contributed by atoms with Crippen molar-refractivity contribution >= 4 is 17.8 Å². The molecule has 3 rings (SSSR count). The first kappa shape index (κ1) is 15.7. The van der Waals surface area contributed by atoms with E-state index < -0.39 is 0 Å². The lowest BCUT2D eigenvalue weighted by Gasteiger charge is -2.31. The molecule has 2 amide bonds. The highest BCUT2D eigenvalue weighted by molar-refractivity contribution is 5.88. The van der Waals surface area contributed by atoms with Gasteiger partial charge in [0.1, 0.15) is 6.10 Å². The highest BCUT2D eigenvalue weighted by Crippen LogP contribution is 2.22. The van der Waals surface area contributed by atoms with Crippen LogP contribution in [0.4, 0.5) is 10.6 Å². The van der Waals surface area contributed by atoms with Crippen molar-refractivity contribution in [2.24, 2.45) is 5.92 Å². The lowest BCUT2D eigenvalue weighted by molar-refractivity contribution is -0.130. The van der Waals surface area contributed by atoms with Gasteiger partial charge in [0, 0.05) is 20.0 Å². The number of piperidine rings is 1. The Balaban J connectivity index is 1.56. The Morgan fingerprint density at radius 2 is 2.04 bits per heavy atom. The molecule has 0 radical (unpaired) electrons.